The summed E-state index contributed by atoms with van der Waals surface area (Å²) in [5.74, 6) is -2.06. The zero-order valence-electron chi connectivity index (χ0n) is 49.7. The fourth-order valence-electron chi connectivity index (χ4n) is 14.3. The number of Topliss-reactive ketones (excluding diaryl/α,β-unsaturated/α-hetero) is 1. The van der Waals surface area contributed by atoms with Crippen molar-refractivity contribution in [1.82, 2.24) is 15.1 Å². The molecule has 4 bridgehead atoms. The summed E-state index contributed by atoms with van der Waals surface area (Å²) < 4.78 is 66.6. The maximum Gasteiger partial charge on any atom is 0.446 e. The van der Waals surface area contributed by atoms with Crippen LogP contribution in [0.4, 0.5) is 13.2 Å². The molecule has 0 unspecified atom stereocenters. The van der Waals surface area contributed by atoms with Crippen molar-refractivity contribution in [2.45, 2.75) is 170 Å². The minimum absolute atomic E-state index is 0. The zero-order valence-corrected chi connectivity index (χ0v) is 49.7. The largest absolute Gasteiger partial charge is 0.504 e. The molecular formula is C65H81F3N4O16. The summed E-state index contributed by atoms with van der Waals surface area (Å²) in [5.41, 5.74) is 6.36. The lowest BCUT2D eigenvalue weighted by molar-refractivity contribution is -0.177. The van der Waals surface area contributed by atoms with E-state index in [4.69, 9.17) is 38.9 Å². The van der Waals surface area contributed by atoms with Crippen molar-refractivity contribution in [1.29, 1.82) is 0 Å². The molecule has 0 saturated carbocycles. The number of ether oxygens (including phenoxy) is 6. The number of aldehydes is 1. The Balaban J connectivity index is 0.000000206. The van der Waals surface area contributed by atoms with Crippen LogP contribution in [0.2, 0.25) is 0 Å². The normalized spacial score (nSPS) is 27.6. The van der Waals surface area contributed by atoms with Crippen LogP contribution in [-0.4, -0.2) is 154 Å². The molecule has 0 aromatic heterocycles. The van der Waals surface area contributed by atoms with Gasteiger partial charge >= 0.3 is 30.1 Å². The molecule has 7 N–H and O–H groups in total. The minimum atomic E-state index is -4.64. The van der Waals surface area contributed by atoms with Crippen molar-refractivity contribution in [2.24, 2.45) is 17.6 Å². The van der Waals surface area contributed by atoms with Crippen molar-refractivity contribution in [3.63, 3.8) is 0 Å². The van der Waals surface area contributed by atoms with E-state index in [1.54, 1.807) is 61.5 Å². The summed E-state index contributed by atoms with van der Waals surface area (Å²) >= 11 is 0. The Labute approximate surface area is 509 Å². The van der Waals surface area contributed by atoms with Crippen LogP contribution in [0.1, 0.15) is 127 Å². The van der Waals surface area contributed by atoms with Crippen molar-refractivity contribution >= 4 is 35.9 Å². The number of aliphatic hydroxyl groups is 2. The third-order valence-electron chi connectivity index (χ3n) is 19.0. The second-order valence-corrected chi connectivity index (χ2v) is 24.2. The number of halogens is 3. The number of carbonyl (C=O) groups is 6. The Hall–Kier alpha value is -7.31. The highest BCUT2D eigenvalue weighted by atomic mass is 19.4. The number of nitrogens with two attached hydrogens (primary N) is 1. The number of unbranched alkanes of at least 4 members (excludes halogenated alkanes) is 1. The van der Waals surface area contributed by atoms with Crippen LogP contribution >= 0.6 is 0 Å². The SMILES string of the molecule is C.C=C(NCCC(=O)O[C@@H](C)C(=O)OC1=CC[C@@]2(O)[C@H]3Cc4ccc(O)c5c4[C@@]2(CCN3C)[C@H]1O5)[C@@H](C)CCCCN.CC(=O)[C@@H](C)CC(=O)O[C@H](C(=O)OC1=CC[C@@]2(O)[C@H]3Cc4ccc(O)c5c4[C@@]2(CCN3C)[C@H]1O5)c1ccccc1.O=CC(F)(F)F. The highest BCUT2D eigenvalue weighted by molar-refractivity contribution is 5.86. The van der Waals surface area contributed by atoms with Crippen LogP contribution in [0.5, 0.6) is 23.0 Å². The van der Waals surface area contributed by atoms with E-state index in [-0.39, 0.29) is 79.9 Å². The van der Waals surface area contributed by atoms with E-state index < -0.39 is 88.7 Å². The number of alkyl halides is 3. The first-order valence-electron chi connectivity index (χ1n) is 29.5. The molecule has 478 valence electrons. The Kier molecular flexibility index (Phi) is 19.7. The zero-order chi connectivity index (χ0) is 63.1. The number of nitrogens with one attached hydrogen (secondary N) is 1. The fraction of sp³-hybridized carbons (Fsp3) is 0.538. The van der Waals surface area contributed by atoms with E-state index in [0.717, 1.165) is 53.8 Å². The van der Waals surface area contributed by atoms with Gasteiger partial charge in [-0.1, -0.05) is 76.7 Å². The first kappa shape index (κ1) is 66.6. The van der Waals surface area contributed by atoms with E-state index >= 15 is 0 Å². The van der Waals surface area contributed by atoms with Crippen molar-refractivity contribution in [3.8, 4) is 23.0 Å². The number of phenolic OH excluding ortho intramolecular Hbond substituents is 2. The summed E-state index contributed by atoms with van der Waals surface area (Å²) in [4.78, 5) is 76.7. The predicted molar refractivity (Wildman–Crippen MR) is 313 cm³/mol. The van der Waals surface area contributed by atoms with Gasteiger partial charge in [0.2, 0.25) is 12.4 Å². The van der Waals surface area contributed by atoms with Gasteiger partial charge in [0.05, 0.1) is 34.9 Å². The van der Waals surface area contributed by atoms with E-state index in [9.17, 15) is 57.6 Å². The van der Waals surface area contributed by atoms with Crippen LogP contribution < -0.4 is 20.5 Å². The van der Waals surface area contributed by atoms with Gasteiger partial charge in [-0.15, -0.1) is 0 Å². The number of allylic oxidation sites excluding steroid dienone is 1. The molecule has 2 fully saturated rings. The molecule has 88 heavy (non-hydrogen) atoms. The molecule has 20 nitrogen and oxygen atoms in total. The first-order chi connectivity index (χ1) is 41.2. The van der Waals surface area contributed by atoms with Gasteiger partial charge in [0, 0.05) is 59.8 Å². The third-order valence-corrected chi connectivity index (χ3v) is 19.0. The Morgan fingerprint density at radius 2 is 1.27 bits per heavy atom. The number of aromatic hydroxyl groups is 2. The van der Waals surface area contributed by atoms with E-state index in [2.05, 4.69) is 28.6 Å². The molecular weight excluding hydrogens is 1150 g/mol. The fourth-order valence-corrected chi connectivity index (χ4v) is 14.3. The van der Waals surface area contributed by atoms with Gasteiger partial charge in [-0.3, -0.25) is 19.2 Å². The lowest BCUT2D eigenvalue weighted by Crippen LogP contribution is -2.74. The average molecular weight is 1230 g/mol. The molecule has 23 heteroatoms. The number of hydrogen-bond acceptors (Lipinski definition) is 20. The molecule has 0 amide bonds. The molecule has 8 aliphatic rings. The van der Waals surface area contributed by atoms with Gasteiger partial charge in [0.25, 0.3) is 0 Å². The average Bonchev–Trinajstić information content (AvgIpc) is 1.40. The second-order valence-electron chi connectivity index (χ2n) is 24.2. The summed E-state index contributed by atoms with van der Waals surface area (Å²) in [5, 5.41) is 49.0. The molecule has 3 aromatic carbocycles. The second kappa shape index (κ2) is 26.0. The van der Waals surface area contributed by atoms with Crippen LogP contribution in [0, 0.1) is 11.8 Å². The number of phenols is 2. The van der Waals surface area contributed by atoms with E-state index in [1.165, 1.54) is 13.8 Å². The number of benzene rings is 3. The molecule has 12 atom stereocenters. The van der Waals surface area contributed by atoms with Crippen LogP contribution in [0.3, 0.4) is 0 Å². The predicted octanol–water partition coefficient (Wildman–Crippen LogP) is 6.90. The van der Waals surface area contributed by atoms with Crippen molar-refractivity contribution in [3.05, 3.63) is 118 Å². The van der Waals surface area contributed by atoms with E-state index in [0.29, 0.717) is 62.4 Å². The van der Waals surface area contributed by atoms with Gasteiger partial charge in [-0.05, 0) is 127 Å². The number of likely N-dealkylation sites (tertiary alicyclic amines) is 2. The number of rotatable bonds is 19. The molecule has 11 rings (SSSR count). The van der Waals surface area contributed by atoms with Gasteiger partial charge in [0.1, 0.15) is 17.3 Å². The Morgan fingerprint density at radius 3 is 1.75 bits per heavy atom. The molecule has 0 radical (unpaired) electrons. The van der Waals surface area contributed by atoms with Crippen LogP contribution in [0.25, 0.3) is 0 Å². The standard InChI is InChI=1S/C31H43N3O7.C31H33NO8.C2HF3O.CH4/c1-18(7-5-6-14-32)19(2)33-15-11-25(36)39-20(3)29(37)40-23-10-12-31(38)24-17-21-8-9-22(35)27-26(21)30(31,28(23)41-27)13-16-34(24)4;1-17(18(2)33)15-24(35)39-26(19-7-5-4-6-8-19)29(36)38-22-11-12-31(37)23-16-20-9-10-21(34)27-25(20)30(31,28(22)40-27)13-14-32(23)3;3-2(4,5)1-6;/h8-10,18,20,24,28,33,35,38H,2,5-7,11-17,32H2,1,3-4H3;4-11,17,23,26,28,34,37H,12-16H2,1-3H3;1H;1H4/t18-,20-,24+,28-,30-,31+;17-,23+,26-,28-,30-,31+;;/m00../s1. The number of esters is 4. The van der Waals surface area contributed by atoms with Crippen LogP contribution in [-0.2, 0) is 71.4 Å². The number of carbonyl (C=O) groups excluding carboxylic acids is 6. The summed E-state index contributed by atoms with van der Waals surface area (Å²) in [6.07, 6.45) is -0.702. The summed E-state index contributed by atoms with van der Waals surface area (Å²) in [6.45, 7) is 13.1. The number of piperidine rings is 2. The van der Waals surface area contributed by atoms with Gasteiger partial charge < -0.3 is 69.7 Å². The number of nitrogens with zero attached hydrogens (tertiary/aromatic N) is 2. The van der Waals surface area contributed by atoms with Crippen molar-refractivity contribution in [2.75, 3.05) is 40.3 Å². The highest BCUT2D eigenvalue weighted by Crippen LogP contribution is 2.67. The maximum absolute atomic E-state index is 13.7. The molecule has 4 heterocycles. The monoisotopic (exact) mass is 1230 g/mol. The van der Waals surface area contributed by atoms with E-state index in [1.807, 2.05) is 26.2 Å². The third kappa shape index (κ3) is 12.0. The molecule has 2 saturated heterocycles. The lowest BCUT2D eigenvalue weighted by Gasteiger charge is -2.61. The topological polar surface area (TPSA) is 283 Å². The van der Waals surface area contributed by atoms with Gasteiger partial charge in [-0.2, -0.15) is 13.2 Å². The van der Waals surface area contributed by atoms with Gasteiger partial charge in [-0.25, -0.2) is 9.59 Å². The molecule has 3 aromatic rings. The summed E-state index contributed by atoms with van der Waals surface area (Å²) in [6, 6.07) is 15.2. The minimum Gasteiger partial charge on any atom is -0.504 e. The molecule has 2 spiro atoms. The lowest BCUT2D eigenvalue weighted by atomic mass is 9.50. The Morgan fingerprint density at radius 1 is 0.773 bits per heavy atom. The summed E-state index contributed by atoms with van der Waals surface area (Å²) in [7, 11) is 4.01. The maximum atomic E-state index is 13.7. The Bertz CT molecular complexity index is 3250. The smallest absolute Gasteiger partial charge is 0.446 e. The molecule has 4 aliphatic carbocycles. The first-order valence-corrected chi connectivity index (χ1v) is 29.5. The van der Waals surface area contributed by atoms with Crippen LogP contribution in [0.15, 0.2) is 90.5 Å². The highest BCUT2D eigenvalue weighted by Gasteiger charge is 2.74. The molecule has 4 aliphatic heterocycles. The number of likely N-dealkylation sites (N-methyl/N-ethyl adjacent to an activating group) is 2. The number of ketones is 1. The van der Waals surface area contributed by atoms with Crippen molar-refractivity contribution < 1.29 is 90.8 Å². The number of hydrogen-bond donors (Lipinski definition) is 6. The van der Waals surface area contributed by atoms with Gasteiger partial charge in [0.15, 0.2) is 41.3 Å². The quantitative estimate of drug-likeness (QED) is 0.0308.